The molecule has 0 saturated heterocycles. The first-order chi connectivity index (χ1) is 13.5. The first-order valence-corrected chi connectivity index (χ1v) is 8.94. The maximum atomic E-state index is 13.5. The van der Waals surface area contributed by atoms with Crippen molar-refractivity contribution in [3.8, 4) is 17.2 Å². The first-order valence-electron chi connectivity index (χ1n) is 8.56. The lowest BCUT2D eigenvalue weighted by molar-refractivity contribution is -0.116. The zero-order valence-corrected chi connectivity index (χ0v) is 16.0. The summed E-state index contributed by atoms with van der Waals surface area (Å²) < 4.78 is 25.9. The number of fused-ring (bicyclic) bond motifs is 1. The van der Waals surface area contributed by atoms with Gasteiger partial charge in [-0.05, 0) is 35.9 Å². The molecule has 0 radical (unpaired) electrons. The number of nitrogens with zero attached hydrogens (tertiary/aromatic N) is 2. The Labute approximate surface area is 165 Å². The van der Waals surface area contributed by atoms with Crippen molar-refractivity contribution in [3.05, 3.63) is 64.8 Å². The second-order valence-corrected chi connectivity index (χ2v) is 6.77. The standard InChI is InChI=1S/C20H17ClFN3O3/c1-27-16-6-3-11(7-17(16)28-2)13-9-18(26)24-20-19(13)23-10-25(20)12-4-5-15(22)14(21)8-12/h3-8,10,13H,9H2,1-2H3,(H,24,26)/t13-/m1/s1. The average molecular weight is 402 g/mol. The fourth-order valence-electron chi connectivity index (χ4n) is 3.38. The Morgan fingerprint density at radius 2 is 1.96 bits per heavy atom. The number of hydrogen-bond donors (Lipinski definition) is 1. The van der Waals surface area contributed by atoms with E-state index >= 15 is 0 Å². The molecule has 4 rings (SSSR count). The molecule has 0 bridgehead atoms. The lowest BCUT2D eigenvalue weighted by Gasteiger charge is -2.24. The van der Waals surface area contributed by atoms with Gasteiger partial charge in [0.15, 0.2) is 11.5 Å². The summed E-state index contributed by atoms with van der Waals surface area (Å²) in [6.07, 6.45) is 1.84. The van der Waals surface area contributed by atoms with Crippen LogP contribution in [0.5, 0.6) is 11.5 Å². The molecule has 2 aromatic carbocycles. The highest BCUT2D eigenvalue weighted by molar-refractivity contribution is 6.30. The molecule has 2 heterocycles. The second kappa shape index (κ2) is 7.16. The Bertz CT molecular complexity index is 1070. The van der Waals surface area contributed by atoms with Crippen LogP contribution in [0.2, 0.25) is 5.02 Å². The highest BCUT2D eigenvalue weighted by Crippen LogP contribution is 2.40. The molecule has 0 spiro atoms. The molecule has 144 valence electrons. The van der Waals surface area contributed by atoms with Gasteiger partial charge in [0.2, 0.25) is 5.91 Å². The SMILES string of the molecule is COc1ccc([C@H]2CC(=O)Nc3c2ncn3-c2ccc(F)c(Cl)c2)cc1OC. The van der Waals surface area contributed by atoms with Crippen molar-refractivity contribution in [3.63, 3.8) is 0 Å². The van der Waals surface area contributed by atoms with Crippen LogP contribution in [0.1, 0.15) is 23.6 Å². The average Bonchev–Trinajstić information content (AvgIpc) is 3.12. The minimum atomic E-state index is -0.508. The van der Waals surface area contributed by atoms with Gasteiger partial charge in [-0.1, -0.05) is 17.7 Å². The summed E-state index contributed by atoms with van der Waals surface area (Å²) in [5.74, 6) is 0.837. The highest BCUT2D eigenvalue weighted by atomic mass is 35.5. The molecular formula is C20H17ClFN3O3. The van der Waals surface area contributed by atoms with E-state index in [1.807, 2.05) is 12.1 Å². The Morgan fingerprint density at radius 3 is 2.68 bits per heavy atom. The number of carbonyl (C=O) groups is 1. The molecule has 3 aromatic rings. The normalized spacial score (nSPS) is 15.7. The second-order valence-electron chi connectivity index (χ2n) is 6.37. The Balaban J connectivity index is 1.79. The lowest BCUT2D eigenvalue weighted by Crippen LogP contribution is -2.25. The van der Waals surface area contributed by atoms with Crippen LogP contribution < -0.4 is 14.8 Å². The van der Waals surface area contributed by atoms with E-state index in [0.29, 0.717) is 28.7 Å². The lowest BCUT2D eigenvalue weighted by atomic mass is 9.89. The number of halogens is 2. The van der Waals surface area contributed by atoms with Crippen LogP contribution in [0.3, 0.4) is 0 Å². The van der Waals surface area contributed by atoms with E-state index in [4.69, 9.17) is 21.1 Å². The summed E-state index contributed by atoms with van der Waals surface area (Å²) in [6.45, 7) is 0. The molecule has 8 heteroatoms. The number of carbonyl (C=O) groups excluding carboxylic acids is 1. The summed E-state index contributed by atoms with van der Waals surface area (Å²) in [5, 5.41) is 2.86. The number of ether oxygens (including phenoxy) is 2. The van der Waals surface area contributed by atoms with E-state index in [9.17, 15) is 9.18 Å². The van der Waals surface area contributed by atoms with E-state index < -0.39 is 5.82 Å². The molecule has 28 heavy (non-hydrogen) atoms. The maximum Gasteiger partial charge on any atom is 0.226 e. The third kappa shape index (κ3) is 3.07. The summed E-state index contributed by atoms with van der Waals surface area (Å²) in [5.41, 5.74) is 2.21. The van der Waals surface area contributed by atoms with E-state index in [2.05, 4.69) is 10.3 Å². The molecule has 1 N–H and O–H groups in total. The topological polar surface area (TPSA) is 65.4 Å². The van der Waals surface area contributed by atoms with Crippen LogP contribution in [-0.4, -0.2) is 29.7 Å². The Kier molecular flexibility index (Phi) is 4.68. The smallest absolute Gasteiger partial charge is 0.226 e. The Morgan fingerprint density at radius 1 is 1.18 bits per heavy atom. The number of methoxy groups -OCH3 is 2. The predicted octanol–water partition coefficient (Wildman–Crippen LogP) is 4.16. The first kappa shape index (κ1) is 18.3. The van der Waals surface area contributed by atoms with Crippen molar-refractivity contribution >= 4 is 23.3 Å². The van der Waals surface area contributed by atoms with E-state index in [0.717, 1.165) is 5.56 Å². The van der Waals surface area contributed by atoms with Crippen LogP contribution in [-0.2, 0) is 4.79 Å². The summed E-state index contributed by atoms with van der Waals surface area (Å²) in [6, 6.07) is 9.89. The molecule has 1 atom stereocenters. The predicted molar refractivity (Wildman–Crippen MR) is 103 cm³/mol. The fraction of sp³-hybridized carbons (Fsp3) is 0.200. The van der Waals surface area contributed by atoms with Crippen molar-refractivity contribution < 1.29 is 18.7 Å². The van der Waals surface area contributed by atoms with E-state index in [-0.39, 0.29) is 23.3 Å². The molecule has 0 aliphatic carbocycles. The molecular weight excluding hydrogens is 385 g/mol. The monoisotopic (exact) mass is 401 g/mol. The van der Waals surface area contributed by atoms with Gasteiger partial charge in [0.05, 0.1) is 30.6 Å². The van der Waals surface area contributed by atoms with Gasteiger partial charge in [-0.3, -0.25) is 9.36 Å². The van der Waals surface area contributed by atoms with Gasteiger partial charge in [0.25, 0.3) is 0 Å². The molecule has 0 fully saturated rings. The number of aromatic nitrogens is 2. The molecule has 0 saturated carbocycles. The number of anilines is 1. The number of hydrogen-bond acceptors (Lipinski definition) is 4. The molecule has 0 unspecified atom stereocenters. The largest absolute Gasteiger partial charge is 0.493 e. The molecule has 1 amide bonds. The third-order valence-corrected chi connectivity index (χ3v) is 5.05. The molecule has 6 nitrogen and oxygen atoms in total. The summed E-state index contributed by atoms with van der Waals surface area (Å²) in [7, 11) is 3.13. The van der Waals surface area contributed by atoms with Gasteiger partial charge in [-0.2, -0.15) is 0 Å². The van der Waals surface area contributed by atoms with Gasteiger partial charge >= 0.3 is 0 Å². The number of imidazole rings is 1. The van der Waals surface area contributed by atoms with Gasteiger partial charge in [-0.25, -0.2) is 9.37 Å². The minimum Gasteiger partial charge on any atom is -0.493 e. The molecule has 1 aliphatic heterocycles. The van der Waals surface area contributed by atoms with E-state index in [1.54, 1.807) is 37.2 Å². The van der Waals surface area contributed by atoms with Crippen LogP contribution in [0.15, 0.2) is 42.7 Å². The number of nitrogens with one attached hydrogen (secondary N) is 1. The van der Waals surface area contributed by atoms with Crippen LogP contribution in [0.25, 0.3) is 5.69 Å². The number of amides is 1. The number of benzene rings is 2. The third-order valence-electron chi connectivity index (χ3n) is 4.76. The van der Waals surface area contributed by atoms with Crippen molar-refractivity contribution in [2.45, 2.75) is 12.3 Å². The summed E-state index contributed by atoms with van der Waals surface area (Å²) in [4.78, 5) is 16.9. The van der Waals surface area contributed by atoms with Crippen molar-refractivity contribution in [2.75, 3.05) is 19.5 Å². The van der Waals surface area contributed by atoms with Crippen molar-refractivity contribution in [1.29, 1.82) is 0 Å². The highest BCUT2D eigenvalue weighted by Gasteiger charge is 2.31. The summed E-state index contributed by atoms with van der Waals surface area (Å²) >= 11 is 5.91. The van der Waals surface area contributed by atoms with Crippen LogP contribution >= 0.6 is 11.6 Å². The maximum absolute atomic E-state index is 13.5. The van der Waals surface area contributed by atoms with Gasteiger partial charge in [0, 0.05) is 12.3 Å². The molecule has 1 aromatic heterocycles. The van der Waals surface area contributed by atoms with Gasteiger partial charge in [-0.15, -0.1) is 0 Å². The van der Waals surface area contributed by atoms with Crippen molar-refractivity contribution in [2.24, 2.45) is 0 Å². The van der Waals surface area contributed by atoms with Crippen LogP contribution in [0, 0.1) is 5.82 Å². The minimum absolute atomic E-state index is 0.00136. The van der Waals surface area contributed by atoms with Crippen molar-refractivity contribution in [1.82, 2.24) is 9.55 Å². The molecule has 1 aliphatic rings. The van der Waals surface area contributed by atoms with Crippen LogP contribution in [0.4, 0.5) is 10.2 Å². The number of rotatable bonds is 4. The van der Waals surface area contributed by atoms with Gasteiger partial charge < -0.3 is 14.8 Å². The van der Waals surface area contributed by atoms with E-state index in [1.165, 1.54) is 12.1 Å². The fourth-order valence-corrected chi connectivity index (χ4v) is 3.56. The zero-order valence-electron chi connectivity index (χ0n) is 15.2. The quantitative estimate of drug-likeness (QED) is 0.713. The van der Waals surface area contributed by atoms with Gasteiger partial charge in [0.1, 0.15) is 18.0 Å². The Hall–Kier alpha value is -3.06. The zero-order chi connectivity index (χ0) is 19.8.